The van der Waals surface area contributed by atoms with E-state index in [4.69, 9.17) is 0 Å². The molecule has 1 aliphatic rings. The highest BCUT2D eigenvalue weighted by Crippen LogP contribution is 2.32. The molecular weight excluding hydrogens is 280 g/mol. The van der Waals surface area contributed by atoms with Gasteiger partial charge in [0.2, 0.25) is 0 Å². The molecule has 1 N–H and O–H groups in total. The standard InChI is InChI=1S/C13H16N2O2S2/c1-19(16,17)11-8-4-7-10-12(11)15-13(18-10)14-9-5-2-3-6-9/h4,7-9H,2-3,5-6H2,1H3,(H,14,15). The predicted molar refractivity (Wildman–Crippen MR) is 78.6 cm³/mol. The minimum absolute atomic E-state index is 0.320. The quantitative estimate of drug-likeness (QED) is 0.945. The summed E-state index contributed by atoms with van der Waals surface area (Å²) in [5, 5.41) is 4.25. The Labute approximate surface area is 116 Å². The lowest BCUT2D eigenvalue weighted by Gasteiger charge is -2.09. The van der Waals surface area contributed by atoms with E-state index in [9.17, 15) is 8.42 Å². The van der Waals surface area contributed by atoms with Crippen molar-refractivity contribution in [3.05, 3.63) is 18.2 Å². The summed E-state index contributed by atoms with van der Waals surface area (Å²) in [5.74, 6) is 0. The van der Waals surface area contributed by atoms with Gasteiger partial charge in [0.1, 0.15) is 5.52 Å². The molecule has 4 nitrogen and oxygen atoms in total. The molecule has 0 radical (unpaired) electrons. The Morgan fingerprint density at radius 2 is 2.05 bits per heavy atom. The van der Waals surface area contributed by atoms with E-state index in [1.165, 1.54) is 43.3 Å². The Hall–Kier alpha value is -1.14. The molecule has 1 fully saturated rings. The van der Waals surface area contributed by atoms with Crippen LogP contribution >= 0.6 is 11.3 Å². The fourth-order valence-electron chi connectivity index (χ4n) is 2.53. The maximum atomic E-state index is 11.7. The van der Waals surface area contributed by atoms with Crippen molar-refractivity contribution in [1.29, 1.82) is 0 Å². The molecule has 0 atom stereocenters. The van der Waals surface area contributed by atoms with E-state index in [-0.39, 0.29) is 0 Å². The zero-order valence-electron chi connectivity index (χ0n) is 10.7. The number of para-hydroxylation sites is 1. The van der Waals surface area contributed by atoms with Crippen LogP contribution in [0.2, 0.25) is 0 Å². The first-order valence-corrected chi connectivity index (χ1v) is 9.11. The first-order valence-electron chi connectivity index (χ1n) is 6.40. The number of thiazole rings is 1. The third-order valence-electron chi connectivity index (χ3n) is 3.46. The van der Waals surface area contributed by atoms with E-state index in [2.05, 4.69) is 10.3 Å². The summed E-state index contributed by atoms with van der Waals surface area (Å²) in [6.07, 6.45) is 6.10. The number of hydrogen-bond donors (Lipinski definition) is 1. The fraction of sp³-hybridized carbons (Fsp3) is 0.462. The Morgan fingerprint density at radius 3 is 2.74 bits per heavy atom. The van der Waals surface area contributed by atoms with Gasteiger partial charge in [-0.15, -0.1) is 0 Å². The molecule has 1 aromatic heterocycles. The lowest BCUT2D eigenvalue weighted by atomic mass is 10.3. The van der Waals surface area contributed by atoms with E-state index in [0.717, 1.165) is 9.83 Å². The van der Waals surface area contributed by atoms with Crippen molar-refractivity contribution in [3.63, 3.8) is 0 Å². The minimum Gasteiger partial charge on any atom is -0.359 e. The van der Waals surface area contributed by atoms with Crippen LogP contribution in [0.15, 0.2) is 23.1 Å². The molecule has 0 aliphatic heterocycles. The van der Waals surface area contributed by atoms with Gasteiger partial charge in [-0.05, 0) is 25.0 Å². The van der Waals surface area contributed by atoms with Crippen molar-refractivity contribution in [2.45, 2.75) is 36.6 Å². The van der Waals surface area contributed by atoms with Gasteiger partial charge in [0.05, 0.1) is 9.60 Å². The molecule has 6 heteroatoms. The fourth-order valence-corrected chi connectivity index (χ4v) is 4.40. The summed E-state index contributed by atoms with van der Waals surface area (Å²) in [7, 11) is -3.23. The summed E-state index contributed by atoms with van der Waals surface area (Å²) in [6.45, 7) is 0. The maximum Gasteiger partial charge on any atom is 0.184 e. The molecule has 2 aromatic rings. The molecule has 19 heavy (non-hydrogen) atoms. The number of aromatic nitrogens is 1. The monoisotopic (exact) mass is 296 g/mol. The Bertz CT molecular complexity index is 701. The SMILES string of the molecule is CS(=O)(=O)c1cccc2sc(NC3CCCC3)nc12. The smallest absolute Gasteiger partial charge is 0.184 e. The second kappa shape index (κ2) is 4.76. The highest BCUT2D eigenvalue weighted by molar-refractivity contribution is 7.91. The number of nitrogens with one attached hydrogen (secondary N) is 1. The first kappa shape index (κ1) is 12.9. The van der Waals surface area contributed by atoms with Gasteiger partial charge in [-0.25, -0.2) is 13.4 Å². The summed E-state index contributed by atoms with van der Waals surface area (Å²) in [5.41, 5.74) is 0.593. The van der Waals surface area contributed by atoms with Crippen molar-refractivity contribution >= 4 is 36.5 Å². The van der Waals surface area contributed by atoms with Gasteiger partial charge < -0.3 is 5.32 Å². The van der Waals surface area contributed by atoms with Gasteiger partial charge in [0.25, 0.3) is 0 Å². The maximum absolute atomic E-state index is 11.7. The van der Waals surface area contributed by atoms with Crippen LogP contribution in [-0.4, -0.2) is 25.7 Å². The van der Waals surface area contributed by atoms with Crippen molar-refractivity contribution in [2.75, 3.05) is 11.6 Å². The van der Waals surface area contributed by atoms with E-state index in [0.29, 0.717) is 16.5 Å². The van der Waals surface area contributed by atoms with Gasteiger partial charge in [-0.3, -0.25) is 0 Å². The molecule has 1 aromatic carbocycles. The van der Waals surface area contributed by atoms with Gasteiger partial charge in [-0.1, -0.05) is 30.2 Å². The van der Waals surface area contributed by atoms with E-state index >= 15 is 0 Å². The topological polar surface area (TPSA) is 59.1 Å². The number of fused-ring (bicyclic) bond motifs is 1. The highest BCUT2D eigenvalue weighted by atomic mass is 32.2. The van der Waals surface area contributed by atoms with Crippen LogP contribution < -0.4 is 5.32 Å². The second-order valence-electron chi connectivity index (χ2n) is 5.02. The Kier molecular flexibility index (Phi) is 3.22. The Balaban J connectivity index is 2.00. The number of benzene rings is 1. The molecule has 1 saturated carbocycles. The molecule has 0 amide bonds. The highest BCUT2D eigenvalue weighted by Gasteiger charge is 2.19. The number of hydrogen-bond acceptors (Lipinski definition) is 5. The number of rotatable bonds is 3. The van der Waals surface area contributed by atoms with Crippen LogP contribution in [0.1, 0.15) is 25.7 Å². The molecule has 0 spiro atoms. The molecule has 0 unspecified atom stereocenters. The van der Waals surface area contributed by atoms with Crippen LogP contribution in [0.25, 0.3) is 10.2 Å². The first-order chi connectivity index (χ1) is 9.04. The van der Waals surface area contributed by atoms with E-state index in [1.54, 1.807) is 12.1 Å². The summed E-state index contributed by atoms with van der Waals surface area (Å²) in [6, 6.07) is 5.80. The van der Waals surface area contributed by atoms with Gasteiger partial charge in [-0.2, -0.15) is 0 Å². The van der Waals surface area contributed by atoms with Gasteiger partial charge in [0, 0.05) is 12.3 Å². The molecule has 1 heterocycles. The third-order valence-corrected chi connectivity index (χ3v) is 5.54. The number of anilines is 1. The van der Waals surface area contributed by atoms with Crippen molar-refractivity contribution in [1.82, 2.24) is 4.98 Å². The van der Waals surface area contributed by atoms with E-state index < -0.39 is 9.84 Å². The zero-order valence-corrected chi connectivity index (χ0v) is 12.4. The van der Waals surface area contributed by atoms with Crippen LogP contribution in [-0.2, 0) is 9.84 Å². The largest absolute Gasteiger partial charge is 0.359 e. The van der Waals surface area contributed by atoms with Crippen molar-refractivity contribution < 1.29 is 8.42 Å². The molecule has 102 valence electrons. The van der Waals surface area contributed by atoms with Crippen molar-refractivity contribution in [2.24, 2.45) is 0 Å². The molecule has 1 aliphatic carbocycles. The minimum atomic E-state index is -3.23. The number of nitrogens with zero attached hydrogens (tertiary/aromatic N) is 1. The zero-order chi connectivity index (χ0) is 13.5. The van der Waals surface area contributed by atoms with Crippen LogP contribution in [0, 0.1) is 0 Å². The molecular formula is C13H16N2O2S2. The Morgan fingerprint density at radius 1 is 1.32 bits per heavy atom. The van der Waals surface area contributed by atoms with Crippen LogP contribution in [0.5, 0.6) is 0 Å². The van der Waals surface area contributed by atoms with E-state index in [1.807, 2.05) is 6.07 Å². The van der Waals surface area contributed by atoms with Crippen LogP contribution in [0.4, 0.5) is 5.13 Å². The lowest BCUT2D eigenvalue weighted by Crippen LogP contribution is -2.13. The van der Waals surface area contributed by atoms with Crippen molar-refractivity contribution in [3.8, 4) is 0 Å². The second-order valence-corrected chi connectivity index (χ2v) is 8.03. The predicted octanol–water partition coefficient (Wildman–Crippen LogP) is 3.05. The average molecular weight is 296 g/mol. The molecule has 0 saturated heterocycles. The van der Waals surface area contributed by atoms with Gasteiger partial charge in [0.15, 0.2) is 15.0 Å². The molecule has 0 bridgehead atoms. The van der Waals surface area contributed by atoms with Crippen LogP contribution in [0.3, 0.4) is 0 Å². The third kappa shape index (κ3) is 2.60. The van der Waals surface area contributed by atoms with Gasteiger partial charge >= 0.3 is 0 Å². The summed E-state index contributed by atoms with van der Waals surface area (Å²) < 4.78 is 24.4. The molecule has 3 rings (SSSR count). The summed E-state index contributed by atoms with van der Waals surface area (Å²) >= 11 is 1.53. The number of sulfone groups is 1. The normalized spacial score (nSPS) is 17.1. The average Bonchev–Trinajstić information content (AvgIpc) is 2.95. The lowest BCUT2D eigenvalue weighted by molar-refractivity contribution is 0.602. The summed E-state index contributed by atoms with van der Waals surface area (Å²) in [4.78, 5) is 4.79.